The second-order valence-corrected chi connectivity index (χ2v) is 12.5. The highest BCUT2D eigenvalue weighted by Crippen LogP contribution is 2.63. The van der Waals surface area contributed by atoms with Gasteiger partial charge in [-0.1, -0.05) is 20.8 Å². The fourth-order valence-corrected chi connectivity index (χ4v) is 6.56. The smallest absolute Gasteiger partial charge is 0.338 e. The summed E-state index contributed by atoms with van der Waals surface area (Å²) in [5, 5.41) is 4.35. The number of rotatable bonds is 7. The van der Waals surface area contributed by atoms with Crippen molar-refractivity contribution in [3.63, 3.8) is 0 Å². The molecule has 188 valence electrons. The summed E-state index contributed by atoms with van der Waals surface area (Å²) in [6.07, 6.45) is 3.06. The van der Waals surface area contributed by atoms with Crippen LogP contribution in [0.4, 0.5) is 0 Å². The number of benzene rings is 1. The summed E-state index contributed by atoms with van der Waals surface area (Å²) in [6, 6.07) is 3.93. The van der Waals surface area contributed by atoms with Crippen molar-refractivity contribution < 1.29 is 27.5 Å². The summed E-state index contributed by atoms with van der Waals surface area (Å²) >= 11 is 0. The molecule has 0 heterocycles. The first-order valence-corrected chi connectivity index (χ1v) is 12.8. The number of methoxy groups -OCH3 is 1. The molecule has 1 aromatic rings. The number of carbonyl (C=O) groups excluding carboxylic acids is 2. The molecule has 1 amide bonds. The molecule has 2 N–H and O–H groups in total. The monoisotopic (exact) mass is 493 g/mol. The van der Waals surface area contributed by atoms with E-state index in [-0.39, 0.29) is 27.0 Å². The van der Waals surface area contributed by atoms with Crippen LogP contribution in [0.25, 0.3) is 0 Å². The van der Waals surface area contributed by atoms with Gasteiger partial charge in [-0.3, -0.25) is 4.79 Å². The Bertz CT molecular complexity index is 1120. The van der Waals surface area contributed by atoms with E-state index in [1.54, 1.807) is 20.8 Å². The lowest BCUT2D eigenvalue weighted by atomic mass is 9.70. The summed E-state index contributed by atoms with van der Waals surface area (Å²) < 4.78 is 38.3. The van der Waals surface area contributed by atoms with Crippen molar-refractivity contribution in [3.8, 4) is 5.75 Å². The summed E-state index contributed by atoms with van der Waals surface area (Å²) in [7, 11) is -2.63. The molecule has 0 saturated heterocycles. The fourth-order valence-electron chi connectivity index (χ4n) is 4.95. The zero-order chi connectivity index (χ0) is 25.5. The molecule has 1 aromatic carbocycles. The van der Waals surface area contributed by atoms with Gasteiger partial charge >= 0.3 is 5.97 Å². The van der Waals surface area contributed by atoms with E-state index in [1.807, 2.05) is 0 Å². The number of ether oxygens (including phenoxy) is 2. The molecule has 2 saturated carbocycles. The van der Waals surface area contributed by atoms with E-state index in [9.17, 15) is 18.0 Å². The van der Waals surface area contributed by atoms with Crippen molar-refractivity contribution in [3.05, 3.63) is 23.8 Å². The number of nitrogens with one attached hydrogen (secondary N) is 2. The maximum absolute atomic E-state index is 12.8. The van der Waals surface area contributed by atoms with Gasteiger partial charge < -0.3 is 9.47 Å². The highest BCUT2D eigenvalue weighted by atomic mass is 32.2. The molecule has 0 aliphatic heterocycles. The second kappa shape index (κ2) is 8.96. The van der Waals surface area contributed by atoms with Gasteiger partial charge in [-0.2, -0.15) is 5.10 Å². The van der Waals surface area contributed by atoms with Gasteiger partial charge in [0, 0.05) is 16.7 Å². The Kier molecular flexibility index (Phi) is 6.89. The van der Waals surface area contributed by atoms with Crippen molar-refractivity contribution in [1.82, 2.24) is 10.1 Å². The molecule has 2 unspecified atom stereocenters. The predicted octanol–water partition coefficient (Wildman–Crippen LogP) is 3.25. The third-order valence-electron chi connectivity index (χ3n) is 7.29. The van der Waals surface area contributed by atoms with Crippen LogP contribution in [0, 0.1) is 16.7 Å². The summed E-state index contributed by atoms with van der Waals surface area (Å²) in [4.78, 5) is 24.6. The average Bonchev–Trinajstić information content (AvgIpc) is 3.07. The molecule has 2 aliphatic rings. The largest absolute Gasteiger partial charge is 0.495 e. The lowest BCUT2D eigenvalue weighted by molar-refractivity contribution is -0.124. The maximum atomic E-state index is 12.8. The Balaban J connectivity index is 1.66. The number of nitrogens with zero attached hydrogens (tertiary/aromatic N) is 1. The van der Waals surface area contributed by atoms with Crippen molar-refractivity contribution in [1.29, 1.82) is 0 Å². The van der Waals surface area contributed by atoms with Crippen LogP contribution in [0.2, 0.25) is 0 Å². The molecule has 0 aromatic heterocycles. The van der Waals surface area contributed by atoms with E-state index in [0.29, 0.717) is 5.92 Å². The molecule has 10 heteroatoms. The number of hydrogen-bond donors (Lipinski definition) is 2. The molecular weight excluding hydrogens is 458 g/mol. The number of fused-ring (bicyclic) bond motifs is 2. The van der Waals surface area contributed by atoms with Gasteiger partial charge in [-0.15, -0.1) is 0 Å². The minimum atomic E-state index is -3.97. The highest BCUT2D eigenvalue weighted by Gasteiger charge is 2.60. The summed E-state index contributed by atoms with van der Waals surface area (Å²) in [6.45, 7) is 11.3. The summed E-state index contributed by atoms with van der Waals surface area (Å²) in [5.74, 6) is -0.741. The third kappa shape index (κ3) is 4.98. The number of amides is 1. The van der Waals surface area contributed by atoms with Crippen LogP contribution < -0.4 is 14.9 Å². The molecule has 2 aliphatic carbocycles. The Morgan fingerprint density at radius 2 is 1.88 bits per heavy atom. The van der Waals surface area contributed by atoms with Crippen molar-refractivity contribution in [2.75, 3.05) is 13.7 Å². The maximum Gasteiger partial charge on any atom is 0.338 e. The quantitative estimate of drug-likeness (QED) is 0.444. The average molecular weight is 494 g/mol. The Morgan fingerprint density at radius 1 is 1.21 bits per heavy atom. The van der Waals surface area contributed by atoms with E-state index < -0.39 is 34.0 Å². The predicted molar refractivity (Wildman–Crippen MR) is 128 cm³/mol. The molecule has 0 spiro atoms. The van der Waals surface area contributed by atoms with Crippen molar-refractivity contribution >= 4 is 27.6 Å². The van der Waals surface area contributed by atoms with Crippen LogP contribution >= 0.6 is 0 Å². The van der Waals surface area contributed by atoms with E-state index in [4.69, 9.17) is 9.47 Å². The van der Waals surface area contributed by atoms with Crippen LogP contribution in [0.15, 0.2) is 28.2 Å². The van der Waals surface area contributed by atoms with Gasteiger partial charge in [-0.25, -0.2) is 23.4 Å². The lowest BCUT2D eigenvalue weighted by Crippen LogP contribution is -2.40. The van der Waals surface area contributed by atoms with Crippen LogP contribution in [0.1, 0.15) is 71.2 Å². The molecule has 9 nitrogen and oxygen atoms in total. The van der Waals surface area contributed by atoms with Gasteiger partial charge in [0.1, 0.15) is 10.6 Å². The number of carbonyl (C=O) groups is 2. The van der Waals surface area contributed by atoms with Crippen molar-refractivity contribution in [2.24, 2.45) is 21.8 Å². The van der Waals surface area contributed by atoms with Crippen LogP contribution in [-0.4, -0.2) is 45.3 Å². The number of sulfonamides is 1. The zero-order valence-electron chi connectivity index (χ0n) is 20.9. The first-order valence-electron chi connectivity index (χ1n) is 11.4. The van der Waals surface area contributed by atoms with E-state index in [2.05, 4.69) is 36.0 Å². The van der Waals surface area contributed by atoms with E-state index in [1.165, 1.54) is 31.7 Å². The van der Waals surface area contributed by atoms with Gasteiger partial charge in [0.25, 0.3) is 5.91 Å². The molecule has 34 heavy (non-hydrogen) atoms. The zero-order valence-corrected chi connectivity index (χ0v) is 21.8. The van der Waals surface area contributed by atoms with Crippen LogP contribution in [0.3, 0.4) is 0 Å². The Morgan fingerprint density at radius 3 is 2.41 bits per heavy atom. The fraction of sp³-hybridized carbons (Fsp3) is 0.625. The molecule has 0 radical (unpaired) electrons. The molecule has 2 fully saturated rings. The SMILES string of the molecule is COc1ccc(C(=O)OCC(=O)N/N=C2\CC3CCC2(C)C3(C)C)cc1S(=O)(=O)NC(C)(C)C. The number of hydrazone groups is 1. The van der Waals surface area contributed by atoms with Gasteiger partial charge in [-0.05, 0) is 69.6 Å². The van der Waals surface area contributed by atoms with Gasteiger partial charge in [0.05, 0.1) is 12.7 Å². The summed E-state index contributed by atoms with van der Waals surface area (Å²) in [5.41, 5.74) is 2.82. The Labute approximate surface area is 201 Å². The van der Waals surface area contributed by atoms with Crippen LogP contribution in [0.5, 0.6) is 5.75 Å². The number of esters is 1. The molecular formula is C24H35N3O6S. The molecule has 2 atom stereocenters. The Hall–Kier alpha value is -2.46. The number of hydrogen-bond acceptors (Lipinski definition) is 7. The van der Waals surface area contributed by atoms with Gasteiger partial charge in [0.15, 0.2) is 6.61 Å². The van der Waals surface area contributed by atoms with Crippen LogP contribution in [-0.2, 0) is 19.6 Å². The first-order chi connectivity index (χ1) is 15.6. The van der Waals surface area contributed by atoms with E-state index >= 15 is 0 Å². The second-order valence-electron chi connectivity index (χ2n) is 10.9. The standard InChI is InChI=1S/C24H35N3O6S/c1-22(2,3)27-34(30,31)18-12-15(8-9-17(18)32-7)21(29)33-14-20(28)26-25-19-13-16-10-11-24(19,6)23(16,4)5/h8-9,12,16,27H,10-11,13-14H2,1-7H3,(H,26,28)/b25-19+. The molecule has 3 rings (SSSR count). The highest BCUT2D eigenvalue weighted by molar-refractivity contribution is 7.89. The van der Waals surface area contributed by atoms with E-state index in [0.717, 1.165) is 18.6 Å². The normalized spacial score (nSPS) is 24.8. The lowest BCUT2D eigenvalue weighted by Gasteiger charge is -2.34. The first kappa shape index (κ1) is 26.2. The van der Waals surface area contributed by atoms with Gasteiger partial charge in [0.2, 0.25) is 10.0 Å². The molecule has 2 bridgehead atoms. The third-order valence-corrected chi connectivity index (χ3v) is 9.07. The van der Waals surface area contributed by atoms with Crippen molar-refractivity contribution in [2.45, 2.75) is 71.2 Å². The minimum Gasteiger partial charge on any atom is -0.495 e. The minimum absolute atomic E-state index is 0.0171. The topological polar surface area (TPSA) is 123 Å².